The fourth-order valence-electron chi connectivity index (χ4n) is 7.08. The second-order valence-corrected chi connectivity index (χ2v) is 16.1. The Morgan fingerprint density at radius 2 is 0.867 bits per heavy atom. The number of para-hydroxylation sites is 2. The van der Waals surface area contributed by atoms with Crippen LogP contribution < -0.4 is 10.6 Å². The number of anilines is 2. The van der Waals surface area contributed by atoms with Crippen molar-refractivity contribution in [1.82, 2.24) is 0 Å². The minimum atomic E-state index is -0.502. The van der Waals surface area contributed by atoms with E-state index in [0.29, 0.717) is 66.5 Å². The first-order valence-electron chi connectivity index (χ1n) is 18.4. The van der Waals surface area contributed by atoms with Crippen LogP contribution in [-0.2, 0) is 0 Å². The molecule has 290 valence electrons. The fourth-order valence-corrected chi connectivity index (χ4v) is 8.13. The van der Waals surface area contributed by atoms with Crippen LogP contribution in [0.1, 0.15) is 36.6 Å². The lowest BCUT2D eigenvalue weighted by Crippen LogP contribution is -2.13. The van der Waals surface area contributed by atoms with Gasteiger partial charge in [0.15, 0.2) is 17.3 Å². The summed E-state index contributed by atoms with van der Waals surface area (Å²) < 4.78 is 1.68. The molecule has 0 fully saturated rings. The fraction of sp³-hybridized carbons (Fsp3) is 0. The second-order valence-electron chi connectivity index (χ2n) is 13.7. The van der Waals surface area contributed by atoms with Gasteiger partial charge in [-0.3, -0.25) is 14.4 Å². The van der Waals surface area contributed by atoms with Gasteiger partial charge in [0, 0.05) is 29.0 Å². The van der Waals surface area contributed by atoms with Gasteiger partial charge >= 0.3 is 0 Å². The van der Waals surface area contributed by atoms with E-state index < -0.39 is 11.8 Å². The maximum atomic E-state index is 13.9. The van der Waals surface area contributed by atoms with E-state index in [4.69, 9.17) is 0 Å². The van der Waals surface area contributed by atoms with Crippen LogP contribution in [0.4, 0.5) is 34.1 Å². The van der Waals surface area contributed by atoms with Crippen LogP contribution in [0.2, 0.25) is 0 Å². The van der Waals surface area contributed by atoms with Crippen LogP contribution in [0.3, 0.4) is 0 Å². The van der Waals surface area contributed by atoms with Gasteiger partial charge in [0.2, 0.25) is 0 Å². The lowest BCUT2D eigenvalue weighted by Gasteiger charge is -2.12. The van der Waals surface area contributed by atoms with Crippen LogP contribution in [0.25, 0.3) is 32.7 Å². The van der Waals surface area contributed by atoms with E-state index in [2.05, 4.69) is 76.3 Å². The molecule has 1 aliphatic rings. The van der Waals surface area contributed by atoms with Gasteiger partial charge in [0.1, 0.15) is 11.4 Å². The number of azo groups is 2. The average Bonchev–Trinajstić information content (AvgIpc) is 3.53. The molecule has 0 radical (unpaired) electrons. The molecule has 4 N–H and O–H groups in total. The van der Waals surface area contributed by atoms with Gasteiger partial charge in [-0.2, -0.15) is 10.2 Å². The standard InChI is InChI=1S/C47H28I2N6O5/c48-37-13-5-7-15-39(37)50-46(59)35-21-25-9-1-3-11-29(25)41(44(35)57)54-52-27-17-19-31-32-20-18-28(24-34(32)43(56)33(31)23-27)53-55-42-30-12-4-2-10-26(30)22-36(45(42)58)47(60)51-40-16-8-6-14-38(40)49/h1-24,57-58H,(H,50,59)(H,51,60)/b54-52+,55-53+. The van der Waals surface area contributed by atoms with Crippen molar-refractivity contribution in [2.45, 2.75) is 0 Å². The lowest BCUT2D eigenvalue weighted by molar-refractivity contribution is 0.101. The van der Waals surface area contributed by atoms with Crippen molar-refractivity contribution in [2.75, 3.05) is 10.6 Å². The molecular weight excluding hydrogens is 982 g/mol. The van der Waals surface area contributed by atoms with E-state index in [9.17, 15) is 24.6 Å². The zero-order valence-corrected chi connectivity index (χ0v) is 35.3. The van der Waals surface area contributed by atoms with Crippen molar-refractivity contribution in [3.8, 4) is 22.6 Å². The molecule has 0 heterocycles. The Morgan fingerprint density at radius 1 is 0.467 bits per heavy atom. The number of carbonyl (C=O) groups excluding carboxylic acids is 3. The van der Waals surface area contributed by atoms with Gasteiger partial charge in [0.25, 0.3) is 11.8 Å². The number of rotatable bonds is 8. The van der Waals surface area contributed by atoms with Gasteiger partial charge in [-0.15, -0.1) is 10.2 Å². The first kappa shape index (κ1) is 38.7. The summed E-state index contributed by atoms with van der Waals surface area (Å²) in [5, 5.41) is 48.7. The molecule has 0 saturated heterocycles. The molecule has 9 rings (SSSR count). The number of amides is 2. The Balaban J connectivity index is 0.996. The number of aromatic hydroxyl groups is 2. The molecule has 60 heavy (non-hydrogen) atoms. The van der Waals surface area contributed by atoms with Crippen LogP contribution in [0, 0.1) is 7.14 Å². The van der Waals surface area contributed by atoms with Crippen LogP contribution in [0.15, 0.2) is 166 Å². The van der Waals surface area contributed by atoms with E-state index in [1.807, 2.05) is 60.7 Å². The minimum Gasteiger partial charge on any atom is -0.505 e. The summed E-state index contributed by atoms with van der Waals surface area (Å²) in [5.41, 5.74) is 4.46. The molecule has 11 nitrogen and oxygen atoms in total. The molecule has 8 aromatic rings. The van der Waals surface area contributed by atoms with Crippen LogP contribution in [-0.4, -0.2) is 27.8 Å². The summed E-state index contributed by atoms with van der Waals surface area (Å²) in [6.07, 6.45) is 0. The quantitative estimate of drug-likeness (QED) is 0.0877. The monoisotopic (exact) mass is 1010 g/mol. The van der Waals surface area contributed by atoms with E-state index in [1.165, 1.54) is 0 Å². The van der Waals surface area contributed by atoms with Gasteiger partial charge in [-0.1, -0.05) is 84.9 Å². The minimum absolute atomic E-state index is 0.0364. The van der Waals surface area contributed by atoms with Gasteiger partial charge in [0.05, 0.1) is 33.9 Å². The van der Waals surface area contributed by atoms with Crippen molar-refractivity contribution in [3.63, 3.8) is 0 Å². The second kappa shape index (κ2) is 16.1. The SMILES string of the molecule is O=C1c2cc(/N=N/c3c(O)c(C(=O)Nc4ccccc4I)cc4ccccc34)ccc2-c2ccc(/N=N/c3c(O)c(C(=O)Nc4ccccc4I)cc4ccccc34)cc21. The smallest absolute Gasteiger partial charge is 0.259 e. The number of ketones is 1. The Labute approximate surface area is 369 Å². The van der Waals surface area contributed by atoms with Crippen LogP contribution >= 0.6 is 45.2 Å². The van der Waals surface area contributed by atoms with E-state index in [0.717, 1.165) is 7.14 Å². The van der Waals surface area contributed by atoms with Gasteiger partial charge in [-0.25, -0.2) is 0 Å². The molecular formula is C47H28I2N6O5. The normalized spacial score (nSPS) is 12.0. The Morgan fingerprint density at radius 3 is 1.30 bits per heavy atom. The number of fused-ring (bicyclic) bond motifs is 5. The molecule has 8 aromatic carbocycles. The Bertz CT molecular complexity index is 2970. The number of halogens is 2. The number of phenolic OH excluding ortho intramolecular Hbond substituents is 2. The summed E-state index contributed by atoms with van der Waals surface area (Å²) in [6, 6.07) is 42.7. The summed E-state index contributed by atoms with van der Waals surface area (Å²) >= 11 is 4.26. The third kappa shape index (κ3) is 7.26. The maximum Gasteiger partial charge on any atom is 0.259 e. The predicted octanol–water partition coefficient (Wildman–Crippen LogP) is 13.2. The van der Waals surface area contributed by atoms with E-state index >= 15 is 0 Å². The number of hydrogen-bond acceptors (Lipinski definition) is 9. The van der Waals surface area contributed by atoms with Gasteiger partial charge in [-0.05, 0) is 128 Å². The number of phenols is 2. The Hall–Kier alpha value is -6.85. The summed E-state index contributed by atoms with van der Waals surface area (Å²) in [6.45, 7) is 0. The van der Waals surface area contributed by atoms with Crippen molar-refractivity contribution in [3.05, 3.63) is 175 Å². The predicted molar refractivity (Wildman–Crippen MR) is 249 cm³/mol. The third-order valence-electron chi connectivity index (χ3n) is 10.0. The van der Waals surface area contributed by atoms with Crippen molar-refractivity contribution >= 4 is 118 Å². The summed E-state index contributed by atoms with van der Waals surface area (Å²) in [7, 11) is 0. The zero-order valence-electron chi connectivity index (χ0n) is 31.0. The number of carbonyl (C=O) groups is 3. The highest BCUT2D eigenvalue weighted by Gasteiger charge is 2.28. The third-order valence-corrected chi connectivity index (χ3v) is 11.9. The summed E-state index contributed by atoms with van der Waals surface area (Å²) in [5.74, 6) is -1.91. The number of hydrogen-bond donors (Lipinski definition) is 4. The molecule has 0 unspecified atom stereocenters. The highest BCUT2D eigenvalue weighted by Crippen LogP contribution is 2.44. The maximum absolute atomic E-state index is 13.9. The molecule has 0 saturated carbocycles. The Kier molecular flexibility index (Phi) is 10.4. The largest absolute Gasteiger partial charge is 0.505 e. The van der Waals surface area contributed by atoms with Crippen molar-refractivity contribution in [2.24, 2.45) is 20.5 Å². The molecule has 0 spiro atoms. The molecule has 0 bridgehead atoms. The van der Waals surface area contributed by atoms with Crippen LogP contribution in [0.5, 0.6) is 11.5 Å². The highest BCUT2D eigenvalue weighted by molar-refractivity contribution is 14.1. The molecule has 13 heteroatoms. The van der Waals surface area contributed by atoms with Crippen molar-refractivity contribution < 1.29 is 24.6 Å². The lowest BCUT2D eigenvalue weighted by atomic mass is 10.0. The zero-order chi connectivity index (χ0) is 41.5. The topological polar surface area (TPSA) is 165 Å². The molecule has 0 aromatic heterocycles. The summed E-state index contributed by atoms with van der Waals surface area (Å²) in [4.78, 5) is 40.7. The highest BCUT2D eigenvalue weighted by atomic mass is 127. The van der Waals surface area contributed by atoms with E-state index in [-0.39, 0.29) is 39.8 Å². The molecule has 0 aliphatic heterocycles. The molecule has 1 aliphatic carbocycles. The molecule has 0 atom stereocenters. The number of benzene rings is 8. The number of nitrogens with zero attached hydrogens (tertiary/aromatic N) is 4. The first-order chi connectivity index (χ1) is 29.1. The van der Waals surface area contributed by atoms with E-state index in [1.54, 1.807) is 84.9 Å². The van der Waals surface area contributed by atoms with Gasteiger partial charge < -0.3 is 20.8 Å². The number of nitrogens with one attached hydrogen (secondary N) is 2. The first-order valence-corrected chi connectivity index (χ1v) is 20.6. The molecule has 2 amide bonds. The van der Waals surface area contributed by atoms with Crippen molar-refractivity contribution in [1.29, 1.82) is 0 Å². The average molecular weight is 1010 g/mol.